The Balaban J connectivity index is 1.40. The van der Waals surface area contributed by atoms with Gasteiger partial charge < -0.3 is 19.6 Å². The lowest BCUT2D eigenvalue weighted by Crippen LogP contribution is -2.52. The summed E-state index contributed by atoms with van der Waals surface area (Å²) in [5.41, 5.74) is 1.38. The first-order valence-corrected chi connectivity index (χ1v) is 10.4. The number of aliphatic hydroxyl groups excluding tert-OH is 1. The SMILES string of the molecule is C=C(O)CCN1CCC(Oc2cccc3c2CN(C2CCC(=O)NC2=O)C3=O)CC1. The minimum atomic E-state index is -0.625. The lowest BCUT2D eigenvalue weighted by Gasteiger charge is -2.32. The average Bonchev–Trinajstić information content (AvgIpc) is 3.05. The lowest BCUT2D eigenvalue weighted by atomic mass is 10.0. The molecule has 8 nitrogen and oxygen atoms in total. The van der Waals surface area contributed by atoms with Crippen LogP contribution < -0.4 is 10.1 Å². The lowest BCUT2D eigenvalue weighted by molar-refractivity contribution is -0.136. The molecule has 160 valence electrons. The second-order valence-electron chi connectivity index (χ2n) is 8.16. The molecule has 0 radical (unpaired) electrons. The number of hydrogen-bond donors (Lipinski definition) is 2. The van der Waals surface area contributed by atoms with E-state index in [0.29, 0.717) is 30.7 Å². The highest BCUT2D eigenvalue weighted by molar-refractivity contribution is 6.05. The molecule has 8 heteroatoms. The normalized spacial score (nSPS) is 22.7. The molecule has 1 aromatic rings. The van der Waals surface area contributed by atoms with Crippen molar-refractivity contribution in [1.82, 2.24) is 15.1 Å². The summed E-state index contributed by atoms with van der Waals surface area (Å²) in [5, 5.41) is 11.6. The van der Waals surface area contributed by atoms with Crippen LogP contribution in [0.25, 0.3) is 0 Å². The smallest absolute Gasteiger partial charge is 0.255 e. The number of amides is 3. The van der Waals surface area contributed by atoms with Gasteiger partial charge in [-0.25, -0.2) is 0 Å². The molecule has 30 heavy (non-hydrogen) atoms. The molecule has 0 aromatic heterocycles. The van der Waals surface area contributed by atoms with Crippen LogP contribution in [0.5, 0.6) is 5.75 Å². The van der Waals surface area contributed by atoms with Crippen molar-refractivity contribution < 1.29 is 24.2 Å². The van der Waals surface area contributed by atoms with Crippen molar-refractivity contribution >= 4 is 17.7 Å². The summed E-state index contributed by atoms with van der Waals surface area (Å²) in [6.45, 7) is 6.40. The van der Waals surface area contributed by atoms with E-state index >= 15 is 0 Å². The van der Waals surface area contributed by atoms with Crippen molar-refractivity contribution in [2.24, 2.45) is 0 Å². The van der Waals surface area contributed by atoms with Crippen LogP contribution in [0.4, 0.5) is 0 Å². The van der Waals surface area contributed by atoms with Crippen LogP contribution >= 0.6 is 0 Å². The molecule has 0 aliphatic carbocycles. The number of benzene rings is 1. The van der Waals surface area contributed by atoms with E-state index < -0.39 is 11.9 Å². The first-order chi connectivity index (χ1) is 14.4. The van der Waals surface area contributed by atoms with Gasteiger partial charge in [0, 0.05) is 43.6 Å². The van der Waals surface area contributed by atoms with Crippen LogP contribution in [0.2, 0.25) is 0 Å². The molecule has 1 atom stereocenters. The topological polar surface area (TPSA) is 99.2 Å². The summed E-state index contributed by atoms with van der Waals surface area (Å²) in [6, 6.07) is 4.82. The zero-order valence-corrected chi connectivity index (χ0v) is 16.9. The van der Waals surface area contributed by atoms with Crippen molar-refractivity contribution in [1.29, 1.82) is 0 Å². The summed E-state index contributed by atoms with van der Waals surface area (Å²) in [4.78, 5) is 40.4. The maximum atomic E-state index is 12.9. The highest BCUT2D eigenvalue weighted by Gasteiger charge is 2.40. The molecular weight excluding hydrogens is 386 g/mol. The van der Waals surface area contributed by atoms with Crippen molar-refractivity contribution in [2.45, 2.75) is 50.8 Å². The molecule has 3 heterocycles. The van der Waals surface area contributed by atoms with Crippen molar-refractivity contribution in [3.05, 3.63) is 41.7 Å². The Morgan fingerprint density at radius 1 is 1.20 bits per heavy atom. The summed E-state index contributed by atoms with van der Waals surface area (Å²) in [6.07, 6.45) is 2.96. The molecular formula is C22H27N3O5. The van der Waals surface area contributed by atoms with Gasteiger partial charge in [-0.3, -0.25) is 19.7 Å². The van der Waals surface area contributed by atoms with Gasteiger partial charge in [0.15, 0.2) is 0 Å². The second kappa shape index (κ2) is 8.47. The van der Waals surface area contributed by atoms with Gasteiger partial charge in [0.05, 0.1) is 12.3 Å². The third kappa shape index (κ3) is 4.18. The van der Waals surface area contributed by atoms with E-state index in [1.165, 1.54) is 0 Å². The molecule has 0 saturated carbocycles. The molecule has 1 aromatic carbocycles. The number of carbonyl (C=O) groups is 3. The minimum Gasteiger partial charge on any atom is -0.513 e. The van der Waals surface area contributed by atoms with Gasteiger partial charge in [-0.15, -0.1) is 0 Å². The molecule has 0 spiro atoms. The molecule has 2 fully saturated rings. The summed E-state index contributed by atoms with van der Waals surface area (Å²) in [7, 11) is 0. The Bertz CT molecular complexity index is 876. The van der Waals surface area contributed by atoms with Gasteiger partial charge in [0.2, 0.25) is 11.8 Å². The Kier molecular flexibility index (Phi) is 5.76. The third-order valence-corrected chi connectivity index (χ3v) is 6.08. The number of hydrogen-bond acceptors (Lipinski definition) is 6. The minimum absolute atomic E-state index is 0.0600. The van der Waals surface area contributed by atoms with Gasteiger partial charge in [-0.05, 0) is 31.4 Å². The monoisotopic (exact) mass is 413 g/mol. The van der Waals surface area contributed by atoms with Gasteiger partial charge in [-0.1, -0.05) is 12.6 Å². The standard InChI is InChI=1S/C22H27N3O5/c1-14(26)7-10-24-11-8-15(9-12-24)30-19-4-2-3-16-17(19)13-25(22(16)29)18-5-6-20(27)23-21(18)28/h2-4,15,18,26H,1,5-13H2,(H,23,27,28). The Labute approximate surface area is 175 Å². The number of piperidine rings is 2. The van der Waals surface area contributed by atoms with Crippen LogP contribution in [-0.4, -0.2) is 64.4 Å². The largest absolute Gasteiger partial charge is 0.513 e. The van der Waals surface area contributed by atoms with Gasteiger partial charge in [0.1, 0.15) is 17.9 Å². The first kappa shape index (κ1) is 20.4. The number of aliphatic hydroxyl groups is 1. The molecule has 3 aliphatic heterocycles. The number of likely N-dealkylation sites (tertiary alicyclic amines) is 1. The molecule has 0 bridgehead atoms. The van der Waals surface area contributed by atoms with Crippen LogP contribution in [0.1, 0.15) is 48.0 Å². The van der Waals surface area contributed by atoms with Crippen molar-refractivity contribution in [3.8, 4) is 5.75 Å². The highest BCUT2D eigenvalue weighted by atomic mass is 16.5. The fourth-order valence-electron chi connectivity index (χ4n) is 4.39. The van der Waals surface area contributed by atoms with E-state index in [1.54, 1.807) is 11.0 Å². The molecule has 2 saturated heterocycles. The molecule has 3 amide bonds. The van der Waals surface area contributed by atoms with Crippen LogP contribution in [0.15, 0.2) is 30.5 Å². The summed E-state index contributed by atoms with van der Waals surface area (Å²) < 4.78 is 6.27. The Hall–Kier alpha value is -2.87. The maximum absolute atomic E-state index is 12.9. The fourth-order valence-corrected chi connectivity index (χ4v) is 4.39. The number of ether oxygens (including phenoxy) is 1. The number of imide groups is 1. The fraction of sp³-hybridized carbons (Fsp3) is 0.500. The quantitative estimate of drug-likeness (QED) is 0.545. The predicted molar refractivity (Wildman–Crippen MR) is 109 cm³/mol. The number of nitrogens with zero attached hydrogens (tertiary/aromatic N) is 2. The zero-order chi connectivity index (χ0) is 21.3. The number of fused-ring (bicyclic) bond motifs is 1. The molecule has 4 rings (SSSR count). The van der Waals surface area contributed by atoms with Crippen LogP contribution in [0.3, 0.4) is 0 Å². The van der Waals surface area contributed by atoms with E-state index in [-0.39, 0.29) is 30.1 Å². The maximum Gasteiger partial charge on any atom is 0.255 e. The molecule has 3 aliphatic rings. The number of rotatable bonds is 6. The first-order valence-electron chi connectivity index (χ1n) is 10.4. The van der Waals surface area contributed by atoms with E-state index in [2.05, 4.69) is 16.8 Å². The van der Waals surface area contributed by atoms with Gasteiger partial charge in [0.25, 0.3) is 5.91 Å². The number of carbonyl (C=O) groups excluding carboxylic acids is 3. The summed E-state index contributed by atoms with van der Waals surface area (Å²) in [5.74, 6) is 0.00664. The van der Waals surface area contributed by atoms with Crippen molar-refractivity contribution in [3.63, 3.8) is 0 Å². The summed E-state index contributed by atoms with van der Waals surface area (Å²) >= 11 is 0. The Morgan fingerprint density at radius 3 is 2.67 bits per heavy atom. The van der Waals surface area contributed by atoms with Gasteiger partial charge >= 0.3 is 0 Å². The average molecular weight is 413 g/mol. The Morgan fingerprint density at radius 2 is 1.97 bits per heavy atom. The highest BCUT2D eigenvalue weighted by Crippen LogP contribution is 2.34. The van der Waals surface area contributed by atoms with E-state index in [9.17, 15) is 19.5 Å². The van der Waals surface area contributed by atoms with Crippen molar-refractivity contribution in [2.75, 3.05) is 19.6 Å². The van der Waals surface area contributed by atoms with Gasteiger partial charge in [-0.2, -0.15) is 0 Å². The molecule has 1 unspecified atom stereocenters. The number of nitrogens with one attached hydrogen (secondary N) is 1. The molecule has 2 N–H and O–H groups in total. The second-order valence-corrected chi connectivity index (χ2v) is 8.16. The van der Waals surface area contributed by atoms with Crippen LogP contribution in [0, 0.1) is 0 Å². The van der Waals surface area contributed by atoms with E-state index in [4.69, 9.17) is 4.74 Å². The van der Waals surface area contributed by atoms with E-state index in [0.717, 1.165) is 38.0 Å². The zero-order valence-electron chi connectivity index (χ0n) is 16.9. The van der Waals surface area contributed by atoms with E-state index in [1.807, 2.05) is 12.1 Å². The predicted octanol–water partition coefficient (Wildman–Crippen LogP) is 1.75. The third-order valence-electron chi connectivity index (χ3n) is 6.08. The van der Waals surface area contributed by atoms with Crippen LogP contribution in [-0.2, 0) is 16.1 Å².